The second-order valence-electron chi connectivity index (χ2n) is 8.19. The molecule has 164 valence electrons. The van der Waals surface area contributed by atoms with Gasteiger partial charge in [-0.2, -0.15) is 0 Å². The Labute approximate surface area is 177 Å². The number of nitrogens with zero attached hydrogens (tertiary/aromatic N) is 2. The molecular weight excluding hydrogens is 386 g/mol. The molecule has 1 N–H and O–H groups in total. The third-order valence-corrected chi connectivity index (χ3v) is 5.91. The zero-order chi connectivity index (χ0) is 21.3. The number of hydrogen-bond donors (Lipinski definition) is 1. The first-order valence-corrected chi connectivity index (χ1v) is 11.0. The minimum absolute atomic E-state index is 0.0845. The zero-order valence-electron chi connectivity index (χ0n) is 17.4. The summed E-state index contributed by atoms with van der Waals surface area (Å²) in [7, 11) is 0. The molecule has 0 unspecified atom stereocenters. The lowest BCUT2D eigenvalue weighted by atomic mass is 9.97. The van der Waals surface area contributed by atoms with E-state index in [0.29, 0.717) is 5.69 Å². The Balaban J connectivity index is 1.57. The van der Waals surface area contributed by atoms with E-state index < -0.39 is 10.9 Å². The van der Waals surface area contributed by atoms with Gasteiger partial charge in [0.2, 0.25) is 0 Å². The molecule has 0 spiro atoms. The van der Waals surface area contributed by atoms with Gasteiger partial charge in [0.25, 0.3) is 11.6 Å². The molecule has 8 nitrogen and oxygen atoms in total. The summed E-state index contributed by atoms with van der Waals surface area (Å²) < 4.78 is 5.12. The lowest BCUT2D eigenvalue weighted by Gasteiger charge is -2.28. The Morgan fingerprint density at radius 1 is 1.03 bits per heavy atom. The van der Waals surface area contributed by atoms with Crippen molar-refractivity contribution in [1.29, 1.82) is 0 Å². The van der Waals surface area contributed by atoms with Gasteiger partial charge >= 0.3 is 5.97 Å². The number of carbonyl (C=O) groups is 2. The van der Waals surface area contributed by atoms with Gasteiger partial charge in [-0.25, -0.2) is 4.79 Å². The summed E-state index contributed by atoms with van der Waals surface area (Å²) in [4.78, 5) is 37.6. The number of rotatable bonds is 6. The summed E-state index contributed by atoms with van der Waals surface area (Å²) >= 11 is 0. The summed E-state index contributed by atoms with van der Waals surface area (Å²) in [5, 5.41) is 14.5. The van der Waals surface area contributed by atoms with Crippen LogP contribution in [0.4, 0.5) is 11.4 Å². The molecule has 3 rings (SSSR count). The number of piperidine rings is 1. The molecule has 0 atom stereocenters. The average Bonchev–Trinajstić information content (AvgIpc) is 2.74. The first kappa shape index (κ1) is 22.1. The maximum Gasteiger partial charge on any atom is 0.338 e. The van der Waals surface area contributed by atoms with E-state index in [1.54, 1.807) is 6.07 Å². The number of esters is 1. The van der Waals surface area contributed by atoms with Crippen molar-refractivity contribution in [2.24, 2.45) is 0 Å². The standard InChI is InChI=1S/C22H31N3O5/c26-21(23-18-9-5-2-1-3-6-10-18)16-30-22(27)17-11-12-19(20(15-17)25(28)29)24-13-7-4-8-14-24/h11-12,15,18H,1-10,13-14,16H2,(H,23,26). The fraction of sp³-hybridized carbons (Fsp3) is 0.636. The summed E-state index contributed by atoms with van der Waals surface area (Å²) in [6, 6.07) is 4.51. The lowest BCUT2D eigenvalue weighted by molar-refractivity contribution is -0.384. The van der Waals surface area contributed by atoms with Crippen molar-refractivity contribution < 1.29 is 19.2 Å². The Kier molecular flexibility index (Phi) is 8.04. The molecule has 1 aliphatic heterocycles. The number of nitro benzene ring substituents is 1. The predicted octanol–water partition coefficient (Wildman–Crippen LogP) is 3.97. The fourth-order valence-electron chi connectivity index (χ4n) is 4.28. The molecule has 1 aromatic rings. The molecule has 1 aromatic carbocycles. The predicted molar refractivity (Wildman–Crippen MR) is 114 cm³/mol. The maximum atomic E-state index is 12.4. The van der Waals surface area contributed by atoms with Crippen molar-refractivity contribution >= 4 is 23.3 Å². The van der Waals surface area contributed by atoms with Gasteiger partial charge in [0.15, 0.2) is 6.61 Å². The van der Waals surface area contributed by atoms with Crippen molar-refractivity contribution in [3.8, 4) is 0 Å². The van der Waals surface area contributed by atoms with E-state index in [1.807, 2.05) is 4.90 Å². The van der Waals surface area contributed by atoms with Crippen molar-refractivity contribution in [2.75, 3.05) is 24.6 Å². The first-order valence-electron chi connectivity index (χ1n) is 11.0. The smallest absolute Gasteiger partial charge is 0.338 e. The molecule has 1 aliphatic carbocycles. The van der Waals surface area contributed by atoms with Gasteiger partial charge in [0.05, 0.1) is 10.5 Å². The minimum atomic E-state index is -0.726. The van der Waals surface area contributed by atoms with E-state index in [4.69, 9.17) is 4.74 Å². The van der Waals surface area contributed by atoms with E-state index >= 15 is 0 Å². The van der Waals surface area contributed by atoms with E-state index in [2.05, 4.69) is 5.32 Å². The van der Waals surface area contributed by atoms with Crippen LogP contribution in [0.15, 0.2) is 18.2 Å². The number of ether oxygens (including phenoxy) is 1. The van der Waals surface area contributed by atoms with Crippen LogP contribution in [-0.2, 0) is 9.53 Å². The topological polar surface area (TPSA) is 102 Å². The number of carbonyl (C=O) groups excluding carboxylic acids is 2. The van der Waals surface area contributed by atoms with E-state index in [0.717, 1.165) is 58.0 Å². The van der Waals surface area contributed by atoms with Crippen LogP contribution >= 0.6 is 0 Å². The summed E-state index contributed by atoms with van der Waals surface area (Å²) in [6.45, 7) is 1.16. The van der Waals surface area contributed by atoms with Crippen LogP contribution in [0.5, 0.6) is 0 Å². The second-order valence-corrected chi connectivity index (χ2v) is 8.19. The van der Waals surface area contributed by atoms with Crippen molar-refractivity contribution in [3.63, 3.8) is 0 Å². The third kappa shape index (κ3) is 6.18. The monoisotopic (exact) mass is 417 g/mol. The molecule has 1 amide bonds. The van der Waals surface area contributed by atoms with Gasteiger partial charge in [-0.05, 0) is 44.2 Å². The zero-order valence-corrected chi connectivity index (χ0v) is 17.4. The van der Waals surface area contributed by atoms with Crippen LogP contribution in [0.25, 0.3) is 0 Å². The molecule has 30 heavy (non-hydrogen) atoms. The minimum Gasteiger partial charge on any atom is -0.452 e. The largest absolute Gasteiger partial charge is 0.452 e. The number of anilines is 1. The van der Waals surface area contributed by atoms with Crippen LogP contribution in [0.3, 0.4) is 0 Å². The number of nitrogens with one attached hydrogen (secondary N) is 1. The normalized spacial score (nSPS) is 18.2. The van der Waals surface area contributed by atoms with Crippen molar-refractivity contribution in [1.82, 2.24) is 5.32 Å². The van der Waals surface area contributed by atoms with Gasteiger partial charge < -0.3 is 15.0 Å². The average molecular weight is 418 g/mol. The van der Waals surface area contributed by atoms with Crippen LogP contribution in [0, 0.1) is 10.1 Å². The van der Waals surface area contributed by atoms with Crippen LogP contribution in [0.2, 0.25) is 0 Å². The highest BCUT2D eigenvalue weighted by Crippen LogP contribution is 2.31. The van der Waals surface area contributed by atoms with E-state index in [-0.39, 0.29) is 29.8 Å². The van der Waals surface area contributed by atoms with Gasteiger partial charge in [0.1, 0.15) is 5.69 Å². The number of nitro groups is 1. The molecule has 2 fully saturated rings. The Morgan fingerprint density at radius 3 is 2.33 bits per heavy atom. The lowest BCUT2D eigenvalue weighted by Crippen LogP contribution is -2.38. The SMILES string of the molecule is O=C(COC(=O)c1ccc(N2CCCCC2)c([N+](=O)[O-])c1)NC1CCCCCCC1. The Morgan fingerprint density at radius 2 is 1.67 bits per heavy atom. The molecule has 1 saturated heterocycles. The summed E-state index contributed by atoms with van der Waals surface area (Å²) in [5.74, 6) is -1.05. The van der Waals surface area contributed by atoms with Crippen molar-refractivity contribution in [3.05, 3.63) is 33.9 Å². The molecule has 1 saturated carbocycles. The molecule has 2 aliphatic rings. The van der Waals surface area contributed by atoms with Crippen molar-refractivity contribution in [2.45, 2.75) is 70.3 Å². The van der Waals surface area contributed by atoms with Gasteiger partial charge in [-0.1, -0.05) is 32.1 Å². The highest BCUT2D eigenvalue weighted by molar-refractivity contribution is 5.93. The molecular formula is C22H31N3O5. The first-order chi connectivity index (χ1) is 14.5. The molecule has 8 heteroatoms. The van der Waals surface area contributed by atoms with Crippen LogP contribution in [-0.4, -0.2) is 42.5 Å². The third-order valence-electron chi connectivity index (χ3n) is 5.91. The molecule has 1 heterocycles. The van der Waals surface area contributed by atoms with E-state index in [9.17, 15) is 19.7 Å². The number of benzene rings is 1. The Bertz CT molecular complexity index is 753. The van der Waals surface area contributed by atoms with E-state index in [1.165, 1.54) is 31.4 Å². The number of amides is 1. The molecule has 0 radical (unpaired) electrons. The fourth-order valence-corrected chi connectivity index (χ4v) is 4.28. The summed E-state index contributed by atoms with van der Waals surface area (Å²) in [6.07, 6.45) is 10.8. The number of hydrogen-bond acceptors (Lipinski definition) is 6. The van der Waals surface area contributed by atoms with Crippen LogP contribution in [0.1, 0.15) is 74.6 Å². The maximum absolute atomic E-state index is 12.4. The highest BCUT2D eigenvalue weighted by Gasteiger charge is 2.24. The Hall–Kier alpha value is -2.64. The van der Waals surface area contributed by atoms with Gasteiger partial charge in [-0.3, -0.25) is 14.9 Å². The molecule has 0 bridgehead atoms. The van der Waals surface area contributed by atoms with Crippen LogP contribution < -0.4 is 10.2 Å². The summed E-state index contributed by atoms with van der Waals surface area (Å²) in [5.41, 5.74) is 0.504. The second kappa shape index (κ2) is 10.9. The molecule has 0 aromatic heterocycles. The van der Waals surface area contributed by atoms with Gasteiger partial charge in [0, 0.05) is 25.2 Å². The highest BCUT2D eigenvalue weighted by atomic mass is 16.6. The van der Waals surface area contributed by atoms with Gasteiger partial charge in [-0.15, -0.1) is 0 Å². The quantitative estimate of drug-likeness (QED) is 0.427.